The first-order valence-electron chi connectivity index (χ1n) is 6.22. The lowest BCUT2D eigenvalue weighted by Gasteiger charge is -2.20. The molecule has 1 aliphatic rings. The maximum absolute atomic E-state index is 12.6. The summed E-state index contributed by atoms with van der Waals surface area (Å²) in [5, 5.41) is 2.13. The standard InChI is InChI=1S/C17H11NO/c18-14-9-3-7-12-11-6-1-4-10-5-2-8-13(15(10)11)17(19)16(12)14/h1-9H,18H2. The molecule has 0 bridgehead atoms. The van der Waals surface area contributed by atoms with Crippen LogP contribution in [-0.4, -0.2) is 5.78 Å². The lowest BCUT2D eigenvalue weighted by molar-refractivity contribution is 0.104. The Morgan fingerprint density at radius 1 is 0.737 bits per heavy atom. The first-order chi connectivity index (χ1) is 9.27. The van der Waals surface area contributed by atoms with Gasteiger partial charge in [0.15, 0.2) is 5.78 Å². The zero-order valence-corrected chi connectivity index (χ0v) is 10.2. The molecule has 0 saturated heterocycles. The topological polar surface area (TPSA) is 43.1 Å². The lowest BCUT2D eigenvalue weighted by Crippen LogP contribution is -2.12. The maximum atomic E-state index is 12.6. The molecule has 0 spiro atoms. The van der Waals surface area contributed by atoms with E-state index in [9.17, 15) is 4.79 Å². The fourth-order valence-corrected chi connectivity index (χ4v) is 2.94. The van der Waals surface area contributed by atoms with Crippen LogP contribution in [-0.2, 0) is 0 Å². The highest BCUT2D eigenvalue weighted by Gasteiger charge is 2.26. The van der Waals surface area contributed by atoms with Gasteiger partial charge in [-0.1, -0.05) is 48.5 Å². The minimum atomic E-state index is 0.0254. The van der Waals surface area contributed by atoms with E-state index in [-0.39, 0.29) is 5.78 Å². The molecule has 3 aromatic carbocycles. The van der Waals surface area contributed by atoms with Crippen LogP contribution in [0.15, 0.2) is 54.6 Å². The molecule has 2 nitrogen and oxygen atoms in total. The predicted molar refractivity (Wildman–Crippen MR) is 77.2 cm³/mol. The highest BCUT2D eigenvalue weighted by Crippen LogP contribution is 2.40. The first-order valence-corrected chi connectivity index (χ1v) is 6.22. The molecule has 0 atom stereocenters. The quantitative estimate of drug-likeness (QED) is 0.481. The van der Waals surface area contributed by atoms with Crippen LogP contribution in [0.3, 0.4) is 0 Å². The van der Waals surface area contributed by atoms with Gasteiger partial charge in [-0.2, -0.15) is 0 Å². The smallest absolute Gasteiger partial charge is 0.196 e. The Morgan fingerprint density at radius 2 is 1.37 bits per heavy atom. The third-order valence-electron chi connectivity index (χ3n) is 3.76. The van der Waals surface area contributed by atoms with Crippen molar-refractivity contribution in [2.24, 2.45) is 0 Å². The second-order valence-corrected chi connectivity index (χ2v) is 4.81. The van der Waals surface area contributed by atoms with E-state index in [4.69, 9.17) is 5.73 Å². The van der Waals surface area contributed by atoms with Gasteiger partial charge in [0, 0.05) is 16.6 Å². The number of hydrogen-bond acceptors (Lipinski definition) is 2. The van der Waals surface area contributed by atoms with Gasteiger partial charge in [-0.05, 0) is 22.6 Å². The van der Waals surface area contributed by atoms with Crippen molar-refractivity contribution < 1.29 is 4.79 Å². The Labute approximate surface area is 110 Å². The molecular formula is C17H11NO. The minimum absolute atomic E-state index is 0.0254. The third kappa shape index (κ3) is 1.23. The molecule has 2 heteroatoms. The fourth-order valence-electron chi connectivity index (χ4n) is 2.94. The van der Waals surface area contributed by atoms with Gasteiger partial charge < -0.3 is 5.73 Å². The molecule has 4 rings (SSSR count). The van der Waals surface area contributed by atoms with Gasteiger partial charge in [-0.3, -0.25) is 4.79 Å². The van der Waals surface area contributed by atoms with Crippen molar-refractivity contribution in [2.45, 2.75) is 0 Å². The molecule has 0 aromatic heterocycles. The van der Waals surface area contributed by atoms with Crippen LogP contribution >= 0.6 is 0 Å². The molecule has 1 aliphatic carbocycles. The van der Waals surface area contributed by atoms with E-state index in [0.29, 0.717) is 11.3 Å². The van der Waals surface area contributed by atoms with Crippen LogP contribution in [0.2, 0.25) is 0 Å². The molecule has 0 radical (unpaired) electrons. The molecule has 0 amide bonds. The lowest BCUT2D eigenvalue weighted by atomic mass is 9.82. The molecule has 0 aliphatic heterocycles. The van der Waals surface area contributed by atoms with Crippen molar-refractivity contribution in [1.82, 2.24) is 0 Å². The van der Waals surface area contributed by atoms with Crippen LogP contribution in [0.1, 0.15) is 15.9 Å². The van der Waals surface area contributed by atoms with Gasteiger partial charge >= 0.3 is 0 Å². The highest BCUT2D eigenvalue weighted by atomic mass is 16.1. The highest BCUT2D eigenvalue weighted by molar-refractivity contribution is 6.27. The number of nitrogen functional groups attached to an aromatic ring is 1. The Bertz CT molecular complexity index is 844. The molecule has 19 heavy (non-hydrogen) atoms. The summed E-state index contributed by atoms with van der Waals surface area (Å²) in [4.78, 5) is 12.6. The van der Waals surface area contributed by atoms with Gasteiger partial charge in [0.05, 0.1) is 5.56 Å². The maximum Gasteiger partial charge on any atom is 0.196 e. The number of carbonyl (C=O) groups is 1. The number of anilines is 1. The molecule has 0 unspecified atom stereocenters. The second kappa shape index (κ2) is 3.45. The van der Waals surface area contributed by atoms with Crippen molar-refractivity contribution >= 4 is 22.2 Å². The number of fused-ring (bicyclic) bond motifs is 2. The largest absolute Gasteiger partial charge is 0.398 e. The fraction of sp³-hybridized carbons (Fsp3) is 0. The Balaban J connectivity index is 2.28. The average molecular weight is 245 g/mol. The van der Waals surface area contributed by atoms with Gasteiger partial charge in [0.1, 0.15) is 0 Å². The van der Waals surface area contributed by atoms with Gasteiger partial charge in [0.2, 0.25) is 0 Å². The number of carbonyl (C=O) groups excluding carboxylic acids is 1. The summed E-state index contributed by atoms with van der Waals surface area (Å²) in [5.41, 5.74) is 9.96. The van der Waals surface area contributed by atoms with Crippen LogP contribution in [0.4, 0.5) is 5.69 Å². The molecule has 0 heterocycles. The first kappa shape index (κ1) is 10.3. The predicted octanol–water partition coefficient (Wildman–Crippen LogP) is 3.63. The van der Waals surface area contributed by atoms with E-state index in [1.807, 2.05) is 42.5 Å². The number of nitrogens with two attached hydrogens (primary N) is 1. The number of hydrogen-bond donors (Lipinski definition) is 1. The van der Waals surface area contributed by atoms with Crippen LogP contribution in [0, 0.1) is 0 Å². The van der Waals surface area contributed by atoms with E-state index in [1.54, 1.807) is 6.07 Å². The zero-order valence-electron chi connectivity index (χ0n) is 10.2. The van der Waals surface area contributed by atoms with E-state index in [0.717, 1.165) is 27.5 Å². The summed E-state index contributed by atoms with van der Waals surface area (Å²) in [7, 11) is 0. The molecule has 0 fully saturated rings. The van der Waals surface area contributed by atoms with E-state index < -0.39 is 0 Å². The second-order valence-electron chi connectivity index (χ2n) is 4.81. The van der Waals surface area contributed by atoms with E-state index in [2.05, 4.69) is 6.07 Å². The summed E-state index contributed by atoms with van der Waals surface area (Å²) in [6.07, 6.45) is 0. The summed E-state index contributed by atoms with van der Waals surface area (Å²) in [6, 6.07) is 17.6. The number of benzene rings is 3. The third-order valence-corrected chi connectivity index (χ3v) is 3.76. The van der Waals surface area contributed by atoms with Crippen LogP contribution in [0.25, 0.3) is 21.9 Å². The van der Waals surface area contributed by atoms with Crippen molar-refractivity contribution in [1.29, 1.82) is 0 Å². The number of ketones is 1. The summed E-state index contributed by atoms with van der Waals surface area (Å²) in [6.45, 7) is 0. The SMILES string of the molecule is Nc1cccc2c1C(=O)c1cccc3cccc-2c13. The average Bonchev–Trinajstić information content (AvgIpc) is 2.44. The number of rotatable bonds is 0. The molecular weight excluding hydrogens is 234 g/mol. The minimum Gasteiger partial charge on any atom is -0.398 e. The van der Waals surface area contributed by atoms with Crippen LogP contribution < -0.4 is 5.73 Å². The van der Waals surface area contributed by atoms with Crippen LogP contribution in [0.5, 0.6) is 0 Å². The van der Waals surface area contributed by atoms with Crippen molar-refractivity contribution in [3.8, 4) is 11.1 Å². The zero-order chi connectivity index (χ0) is 13.0. The van der Waals surface area contributed by atoms with Crippen molar-refractivity contribution in [3.63, 3.8) is 0 Å². The van der Waals surface area contributed by atoms with E-state index >= 15 is 0 Å². The Kier molecular flexibility index (Phi) is 1.88. The Morgan fingerprint density at radius 3 is 2.16 bits per heavy atom. The van der Waals surface area contributed by atoms with Crippen molar-refractivity contribution in [2.75, 3.05) is 5.73 Å². The monoisotopic (exact) mass is 245 g/mol. The normalized spacial score (nSPS) is 12.5. The van der Waals surface area contributed by atoms with Crippen molar-refractivity contribution in [3.05, 3.63) is 65.7 Å². The Hall–Kier alpha value is -2.61. The molecule has 0 saturated carbocycles. The summed E-state index contributed by atoms with van der Waals surface area (Å²) < 4.78 is 0. The molecule has 2 N–H and O–H groups in total. The van der Waals surface area contributed by atoms with E-state index in [1.165, 1.54) is 0 Å². The van der Waals surface area contributed by atoms with Gasteiger partial charge in [-0.25, -0.2) is 0 Å². The molecule has 90 valence electrons. The molecule has 3 aromatic rings. The summed E-state index contributed by atoms with van der Waals surface area (Å²) in [5.74, 6) is 0.0254. The van der Waals surface area contributed by atoms with Gasteiger partial charge in [-0.15, -0.1) is 0 Å². The summed E-state index contributed by atoms with van der Waals surface area (Å²) >= 11 is 0. The van der Waals surface area contributed by atoms with Gasteiger partial charge in [0.25, 0.3) is 0 Å².